The van der Waals surface area contributed by atoms with Crippen molar-refractivity contribution in [3.63, 3.8) is 0 Å². The molecular formula is C16H25FN2. The predicted octanol–water partition coefficient (Wildman–Crippen LogP) is 3.18. The van der Waals surface area contributed by atoms with Crippen LogP contribution in [0, 0.1) is 5.82 Å². The first-order valence-corrected chi connectivity index (χ1v) is 7.44. The maximum Gasteiger partial charge on any atom is 0.123 e. The van der Waals surface area contributed by atoms with Gasteiger partial charge in [-0.3, -0.25) is 4.90 Å². The Morgan fingerprint density at radius 1 is 1.37 bits per heavy atom. The van der Waals surface area contributed by atoms with Crippen LogP contribution >= 0.6 is 0 Å². The van der Waals surface area contributed by atoms with Crippen LogP contribution in [0.3, 0.4) is 0 Å². The van der Waals surface area contributed by atoms with Crippen LogP contribution in [0.2, 0.25) is 0 Å². The van der Waals surface area contributed by atoms with E-state index in [2.05, 4.69) is 24.1 Å². The molecule has 1 N–H and O–H groups in total. The zero-order chi connectivity index (χ0) is 13.7. The molecule has 0 aliphatic carbocycles. The van der Waals surface area contributed by atoms with Gasteiger partial charge in [0.15, 0.2) is 0 Å². The van der Waals surface area contributed by atoms with Gasteiger partial charge in [-0.2, -0.15) is 0 Å². The molecule has 1 aromatic carbocycles. The Hall–Kier alpha value is -0.930. The summed E-state index contributed by atoms with van der Waals surface area (Å²) in [6.07, 6.45) is 3.56. The molecule has 1 fully saturated rings. The second kappa shape index (κ2) is 7.01. The average Bonchev–Trinajstić information content (AvgIpc) is 2.41. The Morgan fingerprint density at radius 3 is 2.89 bits per heavy atom. The van der Waals surface area contributed by atoms with Crippen molar-refractivity contribution in [1.29, 1.82) is 0 Å². The fraction of sp³-hybridized carbons (Fsp3) is 0.625. The van der Waals surface area contributed by atoms with Crippen molar-refractivity contribution in [3.05, 3.63) is 35.6 Å². The van der Waals surface area contributed by atoms with Gasteiger partial charge in [0, 0.05) is 31.7 Å². The van der Waals surface area contributed by atoms with E-state index in [0.29, 0.717) is 12.1 Å². The summed E-state index contributed by atoms with van der Waals surface area (Å²) in [5.41, 5.74) is 1.08. The molecule has 1 saturated heterocycles. The van der Waals surface area contributed by atoms with Crippen LogP contribution in [-0.2, 0) is 6.54 Å². The first-order chi connectivity index (χ1) is 9.22. The first kappa shape index (κ1) is 14.5. The molecule has 0 bridgehead atoms. The lowest BCUT2D eigenvalue weighted by Gasteiger charge is -2.40. The summed E-state index contributed by atoms with van der Waals surface area (Å²) in [5, 5.41) is 3.62. The van der Waals surface area contributed by atoms with Crippen molar-refractivity contribution in [1.82, 2.24) is 10.2 Å². The zero-order valence-electron chi connectivity index (χ0n) is 12.0. The highest BCUT2D eigenvalue weighted by atomic mass is 19.1. The van der Waals surface area contributed by atoms with Crippen LogP contribution in [0.15, 0.2) is 24.3 Å². The molecule has 2 unspecified atom stereocenters. The summed E-state index contributed by atoms with van der Waals surface area (Å²) in [6.45, 7) is 7.43. The Bertz CT molecular complexity index is 394. The van der Waals surface area contributed by atoms with Crippen LogP contribution in [-0.4, -0.2) is 30.1 Å². The third-order valence-electron chi connectivity index (χ3n) is 4.00. The van der Waals surface area contributed by atoms with E-state index in [1.54, 1.807) is 12.1 Å². The van der Waals surface area contributed by atoms with Crippen molar-refractivity contribution >= 4 is 0 Å². The molecule has 3 heteroatoms. The lowest BCUT2D eigenvalue weighted by atomic mass is 10.0. The summed E-state index contributed by atoms with van der Waals surface area (Å²) >= 11 is 0. The van der Waals surface area contributed by atoms with E-state index in [1.165, 1.54) is 18.9 Å². The lowest BCUT2D eigenvalue weighted by molar-refractivity contribution is 0.113. The number of hydrogen-bond acceptors (Lipinski definition) is 2. The van der Waals surface area contributed by atoms with Crippen molar-refractivity contribution in [2.24, 2.45) is 0 Å². The number of rotatable bonds is 5. The molecule has 2 nitrogen and oxygen atoms in total. The highest BCUT2D eigenvalue weighted by Gasteiger charge is 2.26. The van der Waals surface area contributed by atoms with Gasteiger partial charge in [0.05, 0.1) is 0 Å². The summed E-state index contributed by atoms with van der Waals surface area (Å²) in [7, 11) is 0. The fourth-order valence-electron chi connectivity index (χ4n) is 2.88. The number of nitrogens with one attached hydrogen (secondary N) is 1. The molecule has 0 spiro atoms. The maximum atomic E-state index is 13.3. The highest BCUT2D eigenvalue weighted by molar-refractivity contribution is 5.16. The second-order valence-electron chi connectivity index (χ2n) is 5.52. The Labute approximate surface area is 116 Å². The van der Waals surface area contributed by atoms with E-state index >= 15 is 0 Å². The maximum absolute atomic E-state index is 13.3. The van der Waals surface area contributed by atoms with Crippen LogP contribution < -0.4 is 5.32 Å². The SMILES string of the molecule is CCCC1CNC(CC)CN1Cc1cccc(F)c1. The molecule has 0 aromatic heterocycles. The molecule has 106 valence electrons. The van der Waals surface area contributed by atoms with Gasteiger partial charge in [0.1, 0.15) is 5.82 Å². The molecule has 0 saturated carbocycles. The minimum absolute atomic E-state index is 0.133. The Balaban J connectivity index is 2.04. The summed E-state index contributed by atoms with van der Waals surface area (Å²) in [6, 6.07) is 8.15. The minimum Gasteiger partial charge on any atom is -0.311 e. The van der Waals surface area contributed by atoms with Crippen molar-refractivity contribution < 1.29 is 4.39 Å². The van der Waals surface area contributed by atoms with Crippen LogP contribution in [0.25, 0.3) is 0 Å². The third-order valence-corrected chi connectivity index (χ3v) is 4.00. The molecule has 0 amide bonds. The highest BCUT2D eigenvalue weighted by Crippen LogP contribution is 2.17. The van der Waals surface area contributed by atoms with E-state index in [-0.39, 0.29) is 5.82 Å². The fourth-order valence-corrected chi connectivity index (χ4v) is 2.88. The topological polar surface area (TPSA) is 15.3 Å². The molecule has 2 atom stereocenters. The van der Waals surface area contributed by atoms with Crippen molar-refractivity contribution in [2.45, 2.75) is 51.7 Å². The number of hydrogen-bond donors (Lipinski definition) is 1. The Kier molecular flexibility index (Phi) is 5.34. The van der Waals surface area contributed by atoms with E-state index in [4.69, 9.17) is 0 Å². The summed E-state index contributed by atoms with van der Waals surface area (Å²) in [4.78, 5) is 2.52. The Morgan fingerprint density at radius 2 is 2.21 bits per heavy atom. The third kappa shape index (κ3) is 4.02. The van der Waals surface area contributed by atoms with Crippen LogP contribution in [0.5, 0.6) is 0 Å². The molecule has 2 rings (SSSR count). The van der Waals surface area contributed by atoms with E-state index in [1.807, 2.05) is 6.07 Å². The van der Waals surface area contributed by atoms with Crippen molar-refractivity contribution in [3.8, 4) is 0 Å². The van der Waals surface area contributed by atoms with Gasteiger partial charge in [-0.05, 0) is 30.5 Å². The van der Waals surface area contributed by atoms with Gasteiger partial charge in [0.25, 0.3) is 0 Å². The predicted molar refractivity (Wildman–Crippen MR) is 77.6 cm³/mol. The smallest absolute Gasteiger partial charge is 0.123 e. The zero-order valence-corrected chi connectivity index (χ0v) is 12.0. The standard InChI is InChI=1S/C16H25FN2/c1-3-6-16-10-18-15(4-2)12-19(16)11-13-7-5-8-14(17)9-13/h5,7-9,15-16,18H,3-4,6,10-12H2,1-2H3. The van der Waals surface area contributed by atoms with Gasteiger partial charge in [0.2, 0.25) is 0 Å². The normalized spacial score (nSPS) is 24.6. The molecule has 19 heavy (non-hydrogen) atoms. The van der Waals surface area contributed by atoms with Gasteiger partial charge in [-0.25, -0.2) is 4.39 Å². The number of halogens is 1. The van der Waals surface area contributed by atoms with E-state index < -0.39 is 0 Å². The minimum atomic E-state index is -0.133. The van der Waals surface area contributed by atoms with Crippen LogP contribution in [0.1, 0.15) is 38.7 Å². The van der Waals surface area contributed by atoms with Gasteiger partial charge in [-0.15, -0.1) is 0 Å². The molecule has 1 aliphatic heterocycles. The first-order valence-electron chi connectivity index (χ1n) is 7.44. The molecule has 1 aliphatic rings. The van der Waals surface area contributed by atoms with E-state index in [0.717, 1.165) is 31.6 Å². The largest absolute Gasteiger partial charge is 0.311 e. The number of nitrogens with zero attached hydrogens (tertiary/aromatic N) is 1. The number of piperazine rings is 1. The van der Waals surface area contributed by atoms with Gasteiger partial charge >= 0.3 is 0 Å². The molecule has 1 heterocycles. The number of benzene rings is 1. The summed E-state index contributed by atoms with van der Waals surface area (Å²) in [5.74, 6) is -0.133. The van der Waals surface area contributed by atoms with Gasteiger partial charge in [-0.1, -0.05) is 32.4 Å². The lowest BCUT2D eigenvalue weighted by Crippen LogP contribution is -2.55. The average molecular weight is 264 g/mol. The second-order valence-corrected chi connectivity index (χ2v) is 5.52. The quantitative estimate of drug-likeness (QED) is 0.878. The monoisotopic (exact) mass is 264 g/mol. The van der Waals surface area contributed by atoms with Gasteiger partial charge < -0.3 is 5.32 Å². The van der Waals surface area contributed by atoms with Crippen molar-refractivity contribution in [2.75, 3.05) is 13.1 Å². The molecular weight excluding hydrogens is 239 g/mol. The molecule has 0 radical (unpaired) electrons. The van der Waals surface area contributed by atoms with Crippen LogP contribution in [0.4, 0.5) is 4.39 Å². The van der Waals surface area contributed by atoms with E-state index in [9.17, 15) is 4.39 Å². The molecule has 1 aromatic rings. The summed E-state index contributed by atoms with van der Waals surface area (Å²) < 4.78 is 13.3.